The first-order valence-electron chi connectivity index (χ1n) is 9.95. The van der Waals surface area contributed by atoms with E-state index in [-0.39, 0.29) is 33.6 Å². The van der Waals surface area contributed by atoms with Crippen molar-refractivity contribution in [2.45, 2.75) is 19.6 Å². The topological polar surface area (TPSA) is 142 Å². The van der Waals surface area contributed by atoms with Gasteiger partial charge in [0.25, 0.3) is 17.6 Å². The number of primary amides is 1. The zero-order valence-electron chi connectivity index (χ0n) is 18.1. The van der Waals surface area contributed by atoms with Crippen LogP contribution in [0.4, 0.5) is 18.9 Å². The van der Waals surface area contributed by atoms with Gasteiger partial charge in [-0.3, -0.25) is 9.59 Å². The number of amides is 2. The van der Waals surface area contributed by atoms with Gasteiger partial charge in [-0.15, -0.1) is 10.2 Å². The third kappa shape index (κ3) is 5.23. The highest BCUT2D eigenvalue weighted by molar-refractivity contribution is 9.10. The predicted octanol–water partition coefficient (Wildman–Crippen LogP) is 4.47. The number of aryl methyl sites for hydroxylation is 1. The fraction of sp³-hybridized carbons (Fsp3) is 0.143. The van der Waals surface area contributed by atoms with Crippen LogP contribution in [0.1, 0.15) is 38.1 Å². The zero-order valence-corrected chi connectivity index (χ0v) is 20.4. The van der Waals surface area contributed by atoms with E-state index in [2.05, 4.69) is 41.6 Å². The molecule has 4 rings (SSSR count). The molecule has 2 aromatic carbocycles. The Balaban J connectivity index is 1.75. The lowest BCUT2D eigenvalue weighted by molar-refractivity contribution is -0.145. The lowest BCUT2D eigenvalue weighted by atomic mass is 10.1. The molecule has 0 aliphatic rings. The Kier molecular flexibility index (Phi) is 6.82. The molecule has 0 saturated carbocycles. The standard InChI is InChI=1S/C21H14BrClF3N7O3/c1-9-6-10(22)7-12(18(27)34)15(9)29-19(35)16-17(11-4-2-3-5-13(11)23)36-14(28-16)8-33-31-20(30-32-33)21(24,25)26/h2-7H,8H2,1H3,(H2,27,34)(H,29,35). The number of nitrogens with two attached hydrogens (primary N) is 1. The van der Waals surface area contributed by atoms with Crippen molar-refractivity contribution < 1.29 is 27.2 Å². The number of alkyl halides is 3. The largest absolute Gasteiger partial charge is 0.455 e. The summed E-state index contributed by atoms with van der Waals surface area (Å²) in [5, 5.41) is 12.4. The average molecular weight is 585 g/mol. The highest BCUT2D eigenvalue weighted by Crippen LogP contribution is 2.33. The van der Waals surface area contributed by atoms with Crippen molar-refractivity contribution in [2.75, 3.05) is 5.32 Å². The Bertz CT molecular complexity index is 1490. The number of nitrogens with one attached hydrogen (secondary N) is 1. The van der Waals surface area contributed by atoms with Crippen LogP contribution in [0.5, 0.6) is 0 Å². The predicted molar refractivity (Wildman–Crippen MR) is 124 cm³/mol. The molecule has 4 aromatic rings. The first-order valence-corrected chi connectivity index (χ1v) is 11.1. The van der Waals surface area contributed by atoms with Gasteiger partial charge < -0.3 is 15.5 Å². The molecule has 0 aliphatic carbocycles. The van der Waals surface area contributed by atoms with E-state index in [1.54, 1.807) is 37.3 Å². The average Bonchev–Trinajstić information content (AvgIpc) is 3.43. The van der Waals surface area contributed by atoms with Gasteiger partial charge in [0.15, 0.2) is 11.5 Å². The van der Waals surface area contributed by atoms with Crippen molar-refractivity contribution in [1.82, 2.24) is 25.2 Å². The number of hydrogen-bond donors (Lipinski definition) is 2. The van der Waals surface area contributed by atoms with Gasteiger partial charge in [-0.05, 0) is 42.0 Å². The minimum absolute atomic E-state index is 0.0460. The minimum Gasteiger partial charge on any atom is -0.438 e. The molecule has 0 saturated heterocycles. The summed E-state index contributed by atoms with van der Waals surface area (Å²) in [5.74, 6) is -3.25. The second kappa shape index (κ2) is 9.70. The van der Waals surface area contributed by atoms with E-state index >= 15 is 0 Å². The molecule has 0 aliphatic heterocycles. The summed E-state index contributed by atoms with van der Waals surface area (Å²) in [7, 11) is 0. The van der Waals surface area contributed by atoms with Crippen LogP contribution in [0.2, 0.25) is 5.02 Å². The molecule has 3 N–H and O–H groups in total. The third-order valence-corrected chi connectivity index (χ3v) is 5.58. The zero-order chi connectivity index (χ0) is 26.2. The summed E-state index contributed by atoms with van der Waals surface area (Å²) in [6.45, 7) is 1.20. The summed E-state index contributed by atoms with van der Waals surface area (Å²) in [5.41, 5.74) is 6.25. The highest BCUT2D eigenvalue weighted by atomic mass is 79.9. The molecule has 0 spiro atoms. The second-order valence-electron chi connectivity index (χ2n) is 7.37. The van der Waals surface area contributed by atoms with E-state index in [9.17, 15) is 22.8 Å². The monoisotopic (exact) mass is 583 g/mol. The van der Waals surface area contributed by atoms with Gasteiger partial charge in [-0.1, -0.05) is 39.7 Å². The molecule has 2 amide bonds. The van der Waals surface area contributed by atoms with Crippen LogP contribution in [-0.4, -0.2) is 37.0 Å². The molecular formula is C21H14BrClF3N7O3. The van der Waals surface area contributed by atoms with Crippen LogP contribution in [0.25, 0.3) is 11.3 Å². The van der Waals surface area contributed by atoms with Gasteiger partial charge in [0.05, 0.1) is 16.3 Å². The van der Waals surface area contributed by atoms with E-state index in [4.69, 9.17) is 21.8 Å². The molecule has 2 aromatic heterocycles. The van der Waals surface area contributed by atoms with Crippen molar-refractivity contribution in [2.24, 2.45) is 5.73 Å². The quantitative estimate of drug-likeness (QED) is 0.341. The molecule has 0 bridgehead atoms. The molecule has 0 atom stereocenters. The van der Waals surface area contributed by atoms with Crippen LogP contribution in [0.3, 0.4) is 0 Å². The van der Waals surface area contributed by atoms with Crippen molar-refractivity contribution in [3.05, 3.63) is 74.4 Å². The van der Waals surface area contributed by atoms with Gasteiger partial charge in [0, 0.05) is 10.0 Å². The second-order valence-corrected chi connectivity index (χ2v) is 8.69. The molecule has 36 heavy (non-hydrogen) atoms. The Morgan fingerprint density at radius 1 is 1.25 bits per heavy atom. The number of hydrogen-bond acceptors (Lipinski definition) is 7. The summed E-state index contributed by atoms with van der Waals surface area (Å²) in [6.07, 6.45) is -4.79. The van der Waals surface area contributed by atoms with E-state index in [0.29, 0.717) is 20.4 Å². The Hall–Kier alpha value is -3.78. The first kappa shape index (κ1) is 25.3. The van der Waals surface area contributed by atoms with Crippen LogP contribution in [0.15, 0.2) is 45.3 Å². The van der Waals surface area contributed by atoms with Gasteiger partial charge >= 0.3 is 6.18 Å². The van der Waals surface area contributed by atoms with Gasteiger partial charge in [-0.25, -0.2) is 4.98 Å². The summed E-state index contributed by atoms with van der Waals surface area (Å²) >= 11 is 9.55. The van der Waals surface area contributed by atoms with Crippen molar-refractivity contribution in [3.63, 3.8) is 0 Å². The van der Waals surface area contributed by atoms with Gasteiger partial charge in [0.1, 0.15) is 6.54 Å². The van der Waals surface area contributed by atoms with E-state index < -0.39 is 30.4 Å². The molecule has 0 radical (unpaired) electrons. The number of oxazole rings is 1. The van der Waals surface area contributed by atoms with Crippen LogP contribution >= 0.6 is 27.5 Å². The number of nitrogens with zero attached hydrogens (tertiary/aromatic N) is 5. The maximum absolute atomic E-state index is 13.3. The van der Waals surface area contributed by atoms with Crippen LogP contribution in [0, 0.1) is 6.92 Å². The molecule has 10 nitrogen and oxygen atoms in total. The number of tetrazole rings is 1. The number of rotatable bonds is 6. The van der Waals surface area contributed by atoms with Gasteiger partial charge in [-0.2, -0.15) is 18.0 Å². The fourth-order valence-corrected chi connectivity index (χ4v) is 4.03. The lowest BCUT2D eigenvalue weighted by Crippen LogP contribution is -2.20. The fourth-order valence-electron chi connectivity index (χ4n) is 3.23. The molecule has 15 heteroatoms. The summed E-state index contributed by atoms with van der Waals surface area (Å²) in [6, 6.07) is 9.54. The van der Waals surface area contributed by atoms with E-state index in [1.807, 2.05) is 0 Å². The Morgan fingerprint density at radius 3 is 2.61 bits per heavy atom. The smallest absolute Gasteiger partial charge is 0.438 e. The third-order valence-electron chi connectivity index (χ3n) is 4.79. The number of halogens is 5. The molecule has 0 fully saturated rings. The molecular weight excluding hydrogens is 571 g/mol. The van der Waals surface area contributed by atoms with E-state index in [0.717, 1.165) is 0 Å². The number of anilines is 1. The highest BCUT2D eigenvalue weighted by Gasteiger charge is 2.37. The summed E-state index contributed by atoms with van der Waals surface area (Å²) < 4.78 is 44.7. The number of carbonyl (C=O) groups is 2. The van der Waals surface area contributed by atoms with Gasteiger partial charge in [0.2, 0.25) is 5.89 Å². The number of aromatic nitrogens is 5. The van der Waals surface area contributed by atoms with Crippen LogP contribution < -0.4 is 11.1 Å². The Morgan fingerprint density at radius 2 is 1.97 bits per heavy atom. The number of benzene rings is 2. The maximum atomic E-state index is 13.3. The molecule has 0 unspecified atom stereocenters. The summed E-state index contributed by atoms with van der Waals surface area (Å²) in [4.78, 5) is 30.0. The SMILES string of the molecule is Cc1cc(Br)cc(C(N)=O)c1NC(=O)c1nc(Cn2nnc(C(F)(F)F)n2)oc1-c1ccccc1Cl. The van der Waals surface area contributed by atoms with E-state index in [1.165, 1.54) is 6.07 Å². The van der Waals surface area contributed by atoms with Crippen LogP contribution in [-0.2, 0) is 12.7 Å². The lowest BCUT2D eigenvalue weighted by Gasteiger charge is -2.12. The molecule has 2 heterocycles. The minimum atomic E-state index is -4.79. The Labute approximate surface area is 213 Å². The van der Waals surface area contributed by atoms with Crippen molar-refractivity contribution in [1.29, 1.82) is 0 Å². The number of carbonyl (C=O) groups excluding carboxylic acids is 2. The first-order chi connectivity index (χ1) is 16.9. The molecule has 186 valence electrons. The maximum Gasteiger partial charge on any atom is 0.455 e. The normalized spacial score (nSPS) is 11.5. The van der Waals surface area contributed by atoms with Crippen molar-refractivity contribution >= 4 is 45.0 Å². The van der Waals surface area contributed by atoms with Crippen molar-refractivity contribution in [3.8, 4) is 11.3 Å².